The molecule has 1 amide bonds. The Morgan fingerprint density at radius 2 is 2.00 bits per heavy atom. The molecule has 6 nitrogen and oxygen atoms in total. The molecule has 1 aliphatic rings. The third-order valence-electron chi connectivity index (χ3n) is 3.54. The van der Waals surface area contributed by atoms with Gasteiger partial charge in [-0.25, -0.2) is 13.4 Å². The van der Waals surface area contributed by atoms with Crippen LogP contribution in [0.25, 0.3) is 0 Å². The molecule has 22 heavy (non-hydrogen) atoms. The molecule has 3 atom stereocenters. The molecular formula is C14H19ClN2O4S. The molecule has 1 aromatic rings. The second kappa shape index (κ2) is 6.52. The summed E-state index contributed by atoms with van der Waals surface area (Å²) in [6, 6.07) is 2.98. The molecule has 2 rings (SSSR count). The number of hydrogen-bond acceptors (Lipinski definition) is 5. The van der Waals surface area contributed by atoms with Crippen molar-refractivity contribution in [2.45, 2.75) is 43.3 Å². The second-order valence-electron chi connectivity index (χ2n) is 5.48. The Morgan fingerprint density at radius 1 is 1.41 bits per heavy atom. The number of sulfone groups is 1. The van der Waals surface area contributed by atoms with Crippen LogP contribution in [0.1, 0.15) is 20.8 Å². The first-order chi connectivity index (χ1) is 10.2. The van der Waals surface area contributed by atoms with Crippen molar-refractivity contribution < 1.29 is 17.9 Å². The summed E-state index contributed by atoms with van der Waals surface area (Å²) in [5, 5.41) is -1.48. The van der Waals surface area contributed by atoms with Crippen LogP contribution in [0.3, 0.4) is 0 Å². The van der Waals surface area contributed by atoms with Gasteiger partial charge in [0.2, 0.25) is 15.7 Å². The fourth-order valence-electron chi connectivity index (χ4n) is 2.50. The van der Waals surface area contributed by atoms with E-state index in [0.29, 0.717) is 13.1 Å². The molecule has 1 aromatic heterocycles. The van der Waals surface area contributed by atoms with Crippen molar-refractivity contribution in [3.63, 3.8) is 0 Å². The standard InChI is InChI=1S/C14H19ClN2O4S/c1-9-7-17(8-10(2)21-9)14(18)11(3)22(19,20)13-12(15)5-4-6-16-13/h4-6,9-11H,7-8H2,1-3H3/t9-,10+,11-/m0/s1. The maximum Gasteiger partial charge on any atom is 0.241 e. The molecule has 1 aliphatic heterocycles. The van der Waals surface area contributed by atoms with Crippen molar-refractivity contribution in [3.8, 4) is 0 Å². The summed E-state index contributed by atoms with van der Waals surface area (Å²) < 4.78 is 30.7. The lowest BCUT2D eigenvalue weighted by Crippen LogP contribution is -2.52. The normalized spacial score (nSPS) is 24.1. The number of aromatic nitrogens is 1. The van der Waals surface area contributed by atoms with E-state index >= 15 is 0 Å². The number of rotatable bonds is 3. The molecule has 2 heterocycles. The molecule has 122 valence electrons. The molecule has 0 radical (unpaired) electrons. The highest BCUT2D eigenvalue weighted by Gasteiger charge is 2.37. The van der Waals surface area contributed by atoms with Gasteiger partial charge in [-0.05, 0) is 32.9 Å². The second-order valence-corrected chi connectivity index (χ2v) is 8.07. The SMILES string of the molecule is C[C@@H]1CN(C(=O)[C@H](C)S(=O)(=O)c2ncccc2Cl)C[C@H](C)O1. The van der Waals surface area contributed by atoms with Crippen LogP contribution in [0.15, 0.2) is 23.4 Å². The number of amides is 1. The van der Waals surface area contributed by atoms with Crippen LogP contribution in [-0.2, 0) is 19.4 Å². The third kappa shape index (κ3) is 3.42. The van der Waals surface area contributed by atoms with E-state index in [1.54, 1.807) is 6.07 Å². The molecule has 1 saturated heterocycles. The largest absolute Gasteiger partial charge is 0.372 e. The van der Waals surface area contributed by atoms with E-state index in [2.05, 4.69) is 4.98 Å². The number of hydrogen-bond donors (Lipinski definition) is 0. The Bertz CT molecular complexity index is 655. The predicted octanol–water partition coefficient (Wildman–Crippen LogP) is 1.53. The third-order valence-corrected chi connectivity index (χ3v) is 5.95. The Hall–Kier alpha value is -1.18. The van der Waals surface area contributed by atoms with Crippen LogP contribution in [0, 0.1) is 0 Å². The molecule has 0 unspecified atom stereocenters. The smallest absolute Gasteiger partial charge is 0.241 e. The fourth-order valence-corrected chi connectivity index (χ4v) is 4.24. The minimum absolute atomic E-state index is 0.0193. The van der Waals surface area contributed by atoms with Crippen LogP contribution >= 0.6 is 11.6 Å². The topological polar surface area (TPSA) is 76.6 Å². The van der Waals surface area contributed by atoms with Gasteiger partial charge in [0.1, 0.15) is 5.25 Å². The summed E-state index contributed by atoms with van der Waals surface area (Å²) >= 11 is 5.90. The first kappa shape index (κ1) is 17.2. The first-order valence-corrected chi connectivity index (χ1v) is 8.94. The van der Waals surface area contributed by atoms with Gasteiger partial charge in [0.15, 0.2) is 5.03 Å². The molecule has 8 heteroatoms. The van der Waals surface area contributed by atoms with Gasteiger partial charge in [-0.3, -0.25) is 4.79 Å². The zero-order valence-corrected chi connectivity index (χ0v) is 14.3. The Kier molecular flexibility index (Phi) is 5.09. The molecule has 0 aliphatic carbocycles. The highest BCUT2D eigenvalue weighted by atomic mass is 35.5. The summed E-state index contributed by atoms with van der Waals surface area (Å²) in [5.41, 5.74) is 0. The average Bonchev–Trinajstić information content (AvgIpc) is 2.44. The van der Waals surface area contributed by atoms with E-state index in [0.717, 1.165) is 0 Å². The molecule has 1 fully saturated rings. The van der Waals surface area contributed by atoms with Crippen molar-refractivity contribution in [3.05, 3.63) is 23.4 Å². The number of carbonyl (C=O) groups excluding carboxylic acids is 1. The monoisotopic (exact) mass is 346 g/mol. The summed E-state index contributed by atoms with van der Waals surface area (Å²) in [7, 11) is -3.93. The summed E-state index contributed by atoms with van der Waals surface area (Å²) in [4.78, 5) is 17.9. The van der Waals surface area contributed by atoms with Crippen molar-refractivity contribution in [2.24, 2.45) is 0 Å². The summed E-state index contributed by atoms with van der Waals surface area (Å²) in [6.07, 6.45) is 1.09. The van der Waals surface area contributed by atoms with Gasteiger partial charge in [0.25, 0.3) is 0 Å². The van der Waals surface area contributed by atoms with Gasteiger partial charge in [-0.2, -0.15) is 0 Å². The maximum absolute atomic E-state index is 12.6. The number of morpholine rings is 1. The number of halogens is 1. The van der Waals surface area contributed by atoms with E-state index < -0.39 is 21.0 Å². The Morgan fingerprint density at radius 3 is 2.55 bits per heavy atom. The van der Waals surface area contributed by atoms with Gasteiger partial charge >= 0.3 is 0 Å². The minimum atomic E-state index is -3.93. The summed E-state index contributed by atoms with van der Waals surface area (Å²) in [5.74, 6) is -0.455. The molecule has 0 saturated carbocycles. The van der Waals surface area contributed by atoms with E-state index in [9.17, 15) is 13.2 Å². The van der Waals surface area contributed by atoms with Gasteiger partial charge in [-0.1, -0.05) is 11.6 Å². The lowest BCUT2D eigenvalue weighted by molar-refractivity contribution is -0.142. The minimum Gasteiger partial charge on any atom is -0.372 e. The molecular weight excluding hydrogens is 328 g/mol. The zero-order chi connectivity index (χ0) is 16.5. The van der Waals surface area contributed by atoms with Gasteiger partial charge in [0.05, 0.1) is 17.2 Å². The van der Waals surface area contributed by atoms with Crippen molar-refractivity contribution in [2.75, 3.05) is 13.1 Å². The highest BCUT2D eigenvalue weighted by molar-refractivity contribution is 7.92. The van der Waals surface area contributed by atoms with Crippen molar-refractivity contribution in [1.29, 1.82) is 0 Å². The van der Waals surface area contributed by atoms with E-state index in [1.807, 2.05) is 13.8 Å². The number of carbonyl (C=O) groups is 1. The average molecular weight is 347 g/mol. The summed E-state index contributed by atoms with van der Waals surface area (Å²) in [6.45, 7) is 5.82. The lowest BCUT2D eigenvalue weighted by atomic mass is 10.2. The fraction of sp³-hybridized carbons (Fsp3) is 0.571. The number of pyridine rings is 1. The quantitative estimate of drug-likeness (QED) is 0.829. The molecule has 0 spiro atoms. The van der Waals surface area contributed by atoms with Crippen LogP contribution in [0.5, 0.6) is 0 Å². The van der Waals surface area contributed by atoms with Crippen molar-refractivity contribution >= 4 is 27.3 Å². The van der Waals surface area contributed by atoms with E-state index in [1.165, 1.54) is 24.1 Å². The predicted molar refractivity (Wildman–Crippen MR) is 82.5 cm³/mol. The van der Waals surface area contributed by atoms with E-state index in [4.69, 9.17) is 16.3 Å². The zero-order valence-electron chi connectivity index (χ0n) is 12.7. The maximum atomic E-state index is 12.6. The van der Waals surface area contributed by atoms with Crippen LogP contribution < -0.4 is 0 Å². The van der Waals surface area contributed by atoms with Crippen LogP contribution in [0.4, 0.5) is 0 Å². The molecule has 0 N–H and O–H groups in total. The first-order valence-electron chi connectivity index (χ1n) is 7.02. The van der Waals surface area contributed by atoms with Crippen LogP contribution in [0.2, 0.25) is 5.02 Å². The van der Waals surface area contributed by atoms with Crippen molar-refractivity contribution in [1.82, 2.24) is 9.88 Å². The Balaban J connectivity index is 2.25. The molecule has 0 bridgehead atoms. The van der Waals surface area contributed by atoms with E-state index in [-0.39, 0.29) is 22.3 Å². The molecule has 0 aromatic carbocycles. The van der Waals surface area contributed by atoms with Gasteiger partial charge in [0, 0.05) is 19.3 Å². The highest BCUT2D eigenvalue weighted by Crippen LogP contribution is 2.24. The lowest BCUT2D eigenvalue weighted by Gasteiger charge is -2.36. The number of ether oxygens (including phenoxy) is 1. The van der Waals surface area contributed by atoms with Gasteiger partial charge < -0.3 is 9.64 Å². The number of nitrogens with zero attached hydrogens (tertiary/aromatic N) is 2. The Labute approximate surface area is 135 Å². The van der Waals surface area contributed by atoms with Gasteiger partial charge in [-0.15, -0.1) is 0 Å². The van der Waals surface area contributed by atoms with Crippen LogP contribution in [-0.4, -0.2) is 54.8 Å².